The van der Waals surface area contributed by atoms with Gasteiger partial charge in [0.15, 0.2) is 5.78 Å². The van der Waals surface area contributed by atoms with E-state index < -0.39 is 28.9 Å². The molecule has 0 aromatic carbocycles. The first-order valence-electron chi connectivity index (χ1n) is 8.91. The highest BCUT2D eigenvalue weighted by atomic mass is 32.3. The number of ketones is 3. The highest BCUT2D eigenvalue weighted by Gasteiger charge is 2.20. The molecule has 1 aliphatic rings. The van der Waals surface area contributed by atoms with Gasteiger partial charge in [0.25, 0.3) is 0 Å². The average molecular weight is 406 g/mol. The minimum Gasteiger partial charge on any atom is -0.462 e. The van der Waals surface area contributed by atoms with Crippen molar-refractivity contribution in [1.82, 2.24) is 0 Å². The van der Waals surface area contributed by atoms with E-state index in [1.54, 1.807) is 0 Å². The van der Waals surface area contributed by atoms with Gasteiger partial charge in [-0.25, -0.2) is 4.18 Å². The van der Waals surface area contributed by atoms with E-state index in [2.05, 4.69) is 8.37 Å². The van der Waals surface area contributed by atoms with Crippen LogP contribution in [-0.4, -0.2) is 51.6 Å². The summed E-state index contributed by atoms with van der Waals surface area (Å²) in [7, 11) is -3.28. The lowest BCUT2D eigenvalue weighted by Crippen LogP contribution is -2.22. The molecule has 1 unspecified atom stereocenters. The molecular weight excluding hydrogens is 380 g/mol. The zero-order valence-corrected chi connectivity index (χ0v) is 16.3. The molecule has 1 rings (SSSR count). The lowest BCUT2D eigenvalue weighted by Gasteiger charge is -2.18. The van der Waals surface area contributed by atoms with Gasteiger partial charge in [-0.3, -0.25) is 23.4 Å². The first-order valence-corrected chi connectivity index (χ1v) is 10.2. The van der Waals surface area contributed by atoms with Crippen molar-refractivity contribution < 1.29 is 40.7 Å². The molecule has 0 radical (unpaired) electrons. The molecule has 0 spiro atoms. The van der Waals surface area contributed by atoms with E-state index >= 15 is 0 Å². The van der Waals surface area contributed by atoms with Crippen LogP contribution < -0.4 is 0 Å². The van der Waals surface area contributed by atoms with E-state index in [1.165, 1.54) is 0 Å². The Kier molecular flexibility index (Phi) is 10.3. The molecule has 1 fully saturated rings. The van der Waals surface area contributed by atoms with Crippen LogP contribution in [0, 0.1) is 0 Å². The summed E-state index contributed by atoms with van der Waals surface area (Å²) in [5, 5.41) is 0. The molecule has 154 valence electrons. The normalized spacial score (nSPS) is 19.4. The number of hydrogen-bond donors (Lipinski definition) is 0. The van der Waals surface area contributed by atoms with Crippen LogP contribution >= 0.6 is 0 Å². The summed E-state index contributed by atoms with van der Waals surface area (Å²) in [5.41, 5.74) is 0. The molecule has 9 nitrogen and oxygen atoms in total. The van der Waals surface area contributed by atoms with Crippen molar-refractivity contribution in [2.24, 2.45) is 0 Å². The molecule has 1 atom stereocenters. The molecule has 1 aliphatic heterocycles. The highest BCUT2D eigenvalue weighted by molar-refractivity contribution is 7.81. The van der Waals surface area contributed by atoms with Crippen LogP contribution in [0.15, 0.2) is 0 Å². The second-order valence-corrected chi connectivity index (χ2v) is 7.73. The zero-order chi connectivity index (χ0) is 20.3. The van der Waals surface area contributed by atoms with Crippen LogP contribution in [0.1, 0.15) is 64.2 Å². The first-order chi connectivity index (χ1) is 12.7. The smallest absolute Gasteiger partial charge is 0.400 e. The van der Waals surface area contributed by atoms with Gasteiger partial charge in [0.05, 0.1) is 7.11 Å². The Morgan fingerprint density at radius 3 is 2.41 bits per heavy atom. The number of carbonyl (C=O) groups excluding carboxylic acids is 4. The van der Waals surface area contributed by atoms with Crippen LogP contribution in [0.25, 0.3) is 0 Å². The number of ether oxygens (including phenoxy) is 1. The monoisotopic (exact) mass is 406 g/mol. The van der Waals surface area contributed by atoms with Gasteiger partial charge >= 0.3 is 16.4 Å². The molecule has 0 amide bonds. The number of rotatable bonds is 10. The van der Waals surface area contributed by atoms with Crippen molar-refractivity contribution in [1.29, 1.82) is 0 Å². The standard InChI is InChI=1S/C17H26O9S/c1-24-27(22,23)25-12-15(20)7-6-14(19)9-11-16-10-8-13(18)4-2-3-5-17(21)26-16/h16H,2-12H2,1H3. The van der Waals surface area contributed by atoms with Crippen molar-refractivity contribution in [3.8, 4) is 0 Å². The van der Waals surface area contributed by atoms with Gasteiger partial charge in [-0.1, -0.05) is 0 Å². The van der Waals surface area contributed by atoms with E-state index in [4.69, 9.17) is 4.74 Å². The molecule has 0 bridgehead atoms. The molecule has 10 heteroatoms. The second kappa shape index (κ2) is 11.9. The minimum atomic E-state index is -4.18. The van der Waals surface area contributed by atoms with Crippen molar-refractivity contribution >= 4 is 33.7 Å². The van der Waals surface area contributed by atoms with Crippen LogP contribution in [0.5, 0.6) is 0 Å². The van der Waals surface area contributed by atoms with Crippen LogP contribution in [0.3, 0.4) is 0 Å². The molecule has 1 heterocycles. The van der Waals surface area contributed by atoms with Gasteiger partial charge < -0.3 is 4.74 Å². The van der Waals surface area contributed by atoms with E-state index in [1.807, 2.05) is 0 Å². The number of Topliss-reactive ketones (excluding diaryl/α,β-unsaturated/α-hetero) is 3. The molecule has 0 saturated carbocycles. The molecule has 0 aromatic rings. The fourth-order valence-corrected chi connectivity index (χ4v) is 2.90. The van der Waals surface area contributed by atoms with Crippen molar-refractivity contribution in [2.75, 3.05) is 13.7 Å². The molecular formula is C17H26O9S. The number of hydrogen-bond acceptors (Lipinski definition) is 9. The highest BCUT2D eigenvalue weighted by Crippen LogP contribution is 2.17. The summed E-state index contributed by atoms with van der Waals surface area (Å²) < 4.78 is 35.5. The average Bonchev–Trinajstić information content (AvgIpc) is 2.63. The second-order valence-electron chi connectivity index (χ2n) is 6.35. The Hall–Kier alpha value is -1.65. The Balaban J connectivity index is 2.34. The SMILES string of the molecule is COS(=O)(=O)OCC(=O)CCC(=O)CCC1CCC(=O)CCCCC(=O)O1. The third-order valence-corrected chi connectivity index (χ3v) is 4.94. The van der Waals surface area contributed by atoms with Crippen LogP contribution in [0.4, 0.5) is 0 Å². The summed E-state index contributed by atoms with van der Waals surface area (Å²) in [4.78, 5) is 46.9. The van der Waals surface area contributed by atoms with Gasteiger partial charge in [-0.05, 0) is 25.7 Å². The fraction of sp³-hybridized carbons (Fsp3) is 0.765. The summed E-state index contributed by atoms with van der Waals surface area (Å²) in [6, 6.07) is 0. The van der Waals surface area contributed by atoms with Gasteiger partial charge in [0.1, 0.15) is 24.3 Å². The third-order valence-electron chi connectivity index (χ3n) is 4.13. The lowest BCUT2D eigenvalue weighted by atomic mass is 10.00. The molecule has 1 saturated heterocycles. The minimum absolute atomic E-state index is 0.0607. The lowest BCUT2D eigenvalue weighted by molar-refractivity contribution is -0.151. The van der Waals surface area contributed by atoms with Crippen molar-refractivity contribution in [3.05, 3.63) is 0 Å². The Morgan fingerprint density at radius 2 is 1.70 bits per heavy atom. The van der Waals surface area contributed by atoms with E-state index in [0.717, 1.165) is 7.11 Å². The van der Waals surface area contributed by atoms with E-state index in [-0.39, 0.29) is 43.2 Å². The predicted octanol–water partition coefficient (Wildman–Crippen LogP) is 1.43. The molecule has 27 heavy (non-hydrogen) atoms. The predicted molar refractivity (Wildman–Crippen MR) is 93.0 cm³/mol. The maximum Gasteiger partial charge on any atom is 0.400 e. The topological polar surface area (TPSA) is 130 Å². The largest absolute Gasteiger partial charge is 0.462 e. The van der Waals surface area contributed by atoms with Crippen molar-refractivity contribution in [2.45, 2.75) is 70.3 Å². The fourth-order valence-electron chi connectivity index (χ4n) is 2.53. The first kappa shape index (κ1) is 23.4. The zero-order valence-electron chi connectivity index (χ0n) is 15.4. The summed E-state index contributed by atoms with van der Waals surface area (Å²) in [5.74, 6) is -0.952. The van der Waals surface area contributed by atoms with Crippen molar-refractivity contribution in [3.63, 3.8) is 0 Å². The van der Waals surface area contributed by atoms with Gasteiger partial charge in [0, 0.05) is 38.5 Å². The number of carbonyl (C=O) groups is 4. The summed E-state index contributed by atoms with van der Waals surface area (Å²) in [6.07, 6.45) is 2.41. The maximum atomic E-state index is 11.9. The molecule has 0 aliphatic carbocycles. The van der Waals surface area contributed by atoms with Crippen LogP contribution in [0.2, 0.25) is 0 Å². The Bertz CT molecular complexity index is 639. The van der Waals surface area contributed by atoms with Gasteiger partial charge in [-0.2, -0.15) is 8.42 Å². The summed E-state index contributed by atoms with van der Waals surface area (Å²) in [6.45, 7) is -0.689. The summed E-state index contributed by atoms with van der Waals surface area (Å²) >= 11 is 0. The van der Waals surface area contributed by atoms with Gasteiger partial charge in [0.2, 0.25) is 0 Å². The molecule has 0 aromatic heterocycles. The third kappa shape index (κ3) is 10.9. The molecule has 0 N–H and O–H groups in total. The number of cyclic esters (lactones) is 1. The van der Waals surface area contributed by atoms with Gasteiger partial charge in [-0.15, -0.1) is 0 Å². The van der Waals surface area contributed by atoms with E-state index in [9.17, 15) is 27.6 Å². The van der Waals surface area contributed by atoms with E-state index in [0.29, 0.717) is 38.5 Å². The maximum absolute atomic E-state index is 11.9. The Labute approximate surface area is 159 Å². The quantitative estimate of drug-likeness (QED) is 0.494. The number of esters is 1. The Morgan fingerprint density at radius 1 is 1.04 bits per heavy atom. The van der Waals surface area contributed by atoms with Crippen LogP contribution in [-0.2, 0) is 42.7 Å².